The van der Waals surface area contributed by atoms with Crippen LogP contribution in [0.2, 0.25) is 11.1 Å². The van der Waals surface area contributed by atoms with Gasteiger partial charge in [-0.15, -0.1) is 0 Å². The quantitative estimate of drug-likeness (QED) is 0.376. The Kier molecular flexibility index (Phi) is 0.247. The van der Waals surface area contributed by atoms with Crippen LogP contribution in [0, 0.1) is 0 Å². The van der Waals surface area contributed by atoms with Gasteiger partial charge in [0.05, 0.1) is 0 Å². The third kappa shape index (κ3) is 0.165. The van der Waals surface area contributed by atoms with Crippen LogP contribution in [0.5, 0.6) is 0 Å². The monoisotopic (exact) mass is 84.0 g/mol. The number of hydrogen-bond acceptors (Lipinski definition) is 0. The van der Waals surface area contributed by atoms with E-state index in [1.807, 2.05) is 0 Å². The minimum atomic E-state index is 0.627. The van der Waals surface area contributed by atoms with Gasteiger partial charge in [0.15, 0.2) is 0 Å². The van der Waals surface area contributed by atoms with Gasteiger partial charge in [0, 0.05) is 9.52 Å². The maximum Gasteiger partial charge on any atom is 0.0263 e. The van der Waals surface area contributed by atoms with Crippen molar-refractivity contribution >= 4 is 9.52 Å². The van der Waals surface area contributed by atoms with Gasteiger partial charge in [0.25, 0.3) is 0 Å². The molecule has 2 fully saturated rings. The van der Waals surface area contributed by atoms with Gasteiger partial charge in [-0.25, -0.2) is 0 Å². The van der Waals surface area contributed by atoms with Crippen molar-refractivity contribution in [2.24, 2.45) is 0 Å². The molecule has 0 aromatic heterocycles. The number of fused-ring (bicyclic) bond motifs is 1. The maximum absolute atomic E-state index is 1.62. The molecular formula is C4H8Si. The molecule has 1 aliphatic heterocycles. The highest BCUT2D eigenvalue weighted by molar-refractivity contribution is 6.55. The Morgan fingerprint density at radius 1 is 1.20 bits per heavy atom. The normalized spacial score (nSPS) is 62.4. The van der Waals surface area contributed by atoms with Crippen LogP contribution < -0.4 is 0 Å². The van der Waals surface area contributed by atoms with E-state index in [1.165, 1.54) is 11.1 Å². The first-order valence-electron chi connectivity index (χ1n) is 2.47. The minimum Gasteiger partial charge on any atom is -0.0534 e. The van der Waals surface area contributed by atoms with Crippen molar-refractivity contribution < 1.29 is 0 Å². The van der Waals surface area contributed by atoms with E-state index < -0.39 is 0 Å². The third-order valence-electron chi connectivity index (χ3n) is 1.98. The van der Waals surface area contributed by atoms with Crippen molar-refractivity contribution in [2.45, 2.75) is 23.9 Å². The largest absolute Gasteiger partial charge is 0.0534 e. The lowest BCUT2D eigenvalue weighted by Crippen LogP contribution is -1.82. The van der Waals surface area contributed by atoms with Gasteiger partial charge < -0.3 is 0 Å². The summed E-state index contributed by atoms with van der Waals surface area (Å²) in [4.78, 5) is 0. The summed E-state index contributed by atoms with van der Waals surface area (Å²) in [6.07, 6.45) is 3.24. The summed E-state index contributed by atoms with van der Waals surface area (Å²) in [5.74, 6) is 0. The van der Waals surface area contributed by atoms with Gasteiger partial charge in [0.1, 0.15) is 0 Å². The fourth-order valence-corrected chi connectivity index (χ4v) is 3.22. The highest BCUT2D eigenvalue weighted by Gasteiger charge is 2.45. The van der Waals surface area contributed by atoms with Crippen molar-refractivity contribution in [1.29, 1.82) is 0 Å². The third-order valence-corrected chi connectivity index (χ3v) is 4.60. The highest BCUT2D eigenvalue weighted by atomic mass is 28.2. The van der Waals surface area contributed by atoms with Gasteiger partial charge >= 0.3 is 0 Å². The van der Waals surface area contributed by atoms with Gasteiger partial charge in [-0.2, -0.15) is 0 Å². The summed E-state index contributed by atoms with van der Waals surface area (Å²) in [5.41, 5.74) is 2.74. The zero-order chi connectivity index (χ0) is 3.28. The van der Waals surface area contributed by atoms with Crippen LogP contribution in [0.1, 0.15) is 12.8 Å². The van der Waals surface area contributed by atoms with Crippen LogP contribution in [-0.2, 0) is 0 Å². The van der Waals surface area contributed by atoms with E-state index in [9.17, 15) is 0 Å². The smallest absolute Gasteiger partial charge is 0.0263 e. The van der Waals surface area contributed by atoms with Crippen LogP contribution in [0.15, 0.2) is 0 Å². The standard InChI is InChI=1S/C4H8Si/c1-2-4-3(1)5-4/h3-4H,1-2,5H2. The van der Waals surface area contributed by atoms with Crippen LogP contribution in [0.25, 0.3) is 0 Å². The molecule has 1 aliphatic carbocycles. The molecule has 0 radical (unpaired) electrons. The van der Waals surface area contributed by atoms with Gasteiger partial charge in [-0.05, 0) is 0 Å². The molecule has 5 heavy (non-hydrogen) atoms. The van der Waals surface area contributed by atoms with Gasteiger partial charge in [-0.3, -0.25) is 0 Å². The molecule has 1 heterocycles. The van der Waals surface area contributed by atoms with Crippen LogP contribution >= 0.6 is 0 Å². The zero-order valence-corrected chi connectivity index (χ0v) is 4.69. The molecular weight excluding hydrogens is 76.1 g/mol. The van der Waals surface area contributed by atoms with Crippen LogP contribution in [0.3, 0.4) is 0 Å². The minimum absolute atomic E-state index is 0.627. The topological polar surface area (TPSA) is 0 Å². The molecule has 0 nitrogen and oxygen atoms in total. The predicted octanol–water partition coefficient (Wildman–Crippen LogP) is 0.540. The van der Waals surface area contributed by atoms with E-state index in [-0.39, 0.29) is 0 Å². The molecule has 2 rings (SSSR count). The number of rotatable bonds is 0. The number of hydrogen-bond donors (Lipinski definition) is 0. The zero-order valence-electron chi connectivity index (χ0n) is 3.28. The lowest BCUT2D eigenvalue weighted by atomic mass is 10.0. The Labute approximate surface area is 34.4 Å². The molecule has 2 aliphatic rings. The van der Waals surface area contributed by atoms with Crippen LogP contribution in [0.4, 0.5) is 0 Å². The van der Waals surface area contributed by atoms with Crippen molar-refractivity contribution in [1.82, 2.24) is 0 Å². The van der Waals surface area contributed by atoms with Crippen molar-refractivity contribution in [3.05, 3.63) is 0 Å². The van der Waals surface area contributed by atoms with E-state index in [2.05, 4.69) is 0 Å². The summed E-state index contributed by atoms with van der Waals surface area (Å²) in [7, 11) is 0.627. The van der Waals surface area contributed by atoms with Gasteiger partial charge in [0.2, 0.25) is 0 Å². The molecule has 2 unspecified atom stereocenters. The highest BCUT2D eigenvalue weighted by Crippen LogP contribution is 2.59. The Balaban J connectivity index is 2.19. The van der Waals surface area contributed by atoms with E-state index >= 15 is 0 Å². The molecule has 28 valence electrons. The lowest BCUT2D eigenvalue weighted by Gasteiger charge is -2.05. The van der Waals surface area contributed by atoms with Crippen molar-refractivity contribution in [3.8, 4) is 0 Å². The molecule has 0 N–H and O–H groups in total. The second kappa shape index (κ2) is 0.514. The summed E-state index contributed by atoms with van der Waals surface area (Å²) in [6, 6.07) is 0. The molecule has 1 saturated carbocycles. The van der Waals surface area contributed by atoms with E-state index in [4.69, 9.17) is 0 Å². The second-order valence-corrected chi connectivity index (χ2v) is 4.90. The summed E-state index contributed by atoms with van der Waals surface area (Å²) < 4.78 is 0. The molecule has 0 aromatic rings. The molecule has 1 heteroatoms. The Morgan fingerprint density at radius 2 is 1.80 bits per heavy atom. The Bertz CT molecular complexity index is 48.7. The first kappa shape index (κ1) is 2.40. The van der Waals surface area contributed by atoms with Crippen molar-refractivity contribution in [3.63, 3.8) is 0 Å². The van der Waals surface area contributed by atoms with Crippen molar-refractivity contribution in [2.75, 3.05) is 0 Å². The molecule has 0 spiro atoms. The van der Waals surface area contributed by atoms with Crippen LogP contribution in [-0.4, -0.2) is 9.52 Å². The summed E-state index contributed by atoms with van der Waals surface area (Å²) in [6.45, 7) is 0. The lowest BCUT2D eigenvalue weighted by molar-refractivity contribution is 0.594. The first-order chi connectivity index (χ1) is 2.47. The molecule has 0 aromatic carbocycles. The average molecular weight is 84.2 g/mol. The van der Waals surface area contributed by atoms with E-state index in [0.717, 1.165) is 0 Å². The Morgan fingerprint density at radius 3 is 1.80 bits per heavy atom. The van der Waals surface area contributed by atoms with E-state index in [0.29, 0.717) is 9.52 Å². The first-order valence-corrected chi connectivity index (χ1v) is 4.10. The van der Waals surface area contributed by atoms with Gasteiger partial charge in [-0.1, -0.05) is 23.9 Å². The fraction of sp³-hybridized carbons (Fsp3) is 1.00. The predicted molar refractivity (Wildman–Crippen MR) is 25.3 cm³/mol. The van der Waals surface area contributed by atoms with E-state index in [1.54, 1.807) is 12.8 Å². The maximum atomic E-state index is 1.62. The summed E-state index contributed by atoms with van der Waals surface area (Å²) in [5, 5.41) is 0. The molecule has 2 atom stereocenters. The average Bonchev–Trinajstić information content (AvgIpc) is 1.74. The second-order valence-electron chi connectivity index (χ2n) is 2.33. The Hall–Kier alpha value is 0.217. The molecule has 1 saturated heterocycles. The SMILES string of the molecule is C1CC2[SiH2]C12. The summed E-state index contributed by atoms with van der Waals surface area (Å²) >= 11 is 0. The fourth-order valence-electron chi connectivity index (χ4n) is 1.18. The molecule has 0 bridgehead atoms. The molecule has 0 amide bonds.